The van der Waals surface area contributed by atoms with Gasteiger partial charge >= 0.3 is 0 Å². The zero-order valence-electron chi connectivity index (χ0n) is 12.8. The molecule has 0 unspecified atom stereocenters. The molecule has 0 aliphatic carbocycles. The summed E-state index contributed by atoms with van der Waals surface area (Å²) in [6.07, 6.45) is 2.18. The Hall–Kier alpha value is -1.12. The van der Waals surface area contributed by atoms with Gasteiger partial charge in [0.05, 0.1) is 16.3 Å². The summed E-state index contributed by atoms with van der Waals surface area (Å²) in [4.78, 5) is 0.144. The smallest absolute Gasteiger partial charge is 0.240 e. The molecule has 0 amide bonds. The van der Waals surface area contributed by atoms with Crippen molar-refractivity contribution in [1.29, 1.82) is 0 Å². The molecule has 0 saturated carbocycles. The zero-order valence-corrected chi connectivity index (χ0v) is 14.5. The Bertz CT molecular complexity index is 712. The van der Waals surface area contributed by atoms with Crippen LogP contribution in [-0.4, -0.2) is 35.2 Å². The summed E-state index contributed by atoms with van der Waals surface area (Å²) >= 11 is 0. The van der Waals surface area contributed by atoms with Crippen molar-refractivity contribution in [2.24, 2.45) is 0 Å². The highest BCUT2D eigenvalue weighted by Crippen LogP contribution is 2.24. The average molecular weight is 346 g/mol. The molecule has 1 aromatic carbocycles. The highest BCUT2D eigenvalue weighted by Gasteiger charge is 2.26. The van der Waals surface area contributed by atoms with Crippen LogP contribution in [0.4, 0.5) is 5.69 Å². The molecule has 8 heteroatoms. The van der Waals surface area contributed by atoms with Gasteiger partial charge in [0.1, 0.15) is 0 Å². The minimum absolute atomic E-state index is 0.141. The van der Waals surface area contributed by atoms with Crippen molar-refractivity contribution in [3.63, 3.8) is 0 Å². The molecule has 1 aliphatic rings. The lowest BCUT2D eigenvalue weighted by molar-refractivity contribution is 0.556. The Morgan fingerprint density at radius 2 is 1.86 bits per heavy atom. The molecule has 1 atom stereocenters. The van der Waals surface area contributed by atoms with E-state index in [2.05, 4.69) is 4.72 Å². The van der Waals surface area contributed by atoms with E-state index in [4.69, 9.17) is 0 Å². The predicted octanol–water partition coefficient (Wildman–Crippen LogP) is 1.69. The second-order valence-corrected chi connectivity index (χ2v) is 9.25. The van der Waals surface area contributed by atoms with Gasteiger partial charge in [-0.25, -0.2) is 21.6 Å². The Kier molecular flexibility index (Phi) is 5.14. The van der Waals surface area contributed by atoms with E-state index in [0.29, 0.717) is 25.1 Å². The van der Waals surface area contributed by atoms with Crippen LogP contribution < -0.4 is 9.03 Å². The van der Waals surface area contributed by atoms with E-state index in [1.807, 2.05) is 6.92 Å². The average Bonchev–Trinajstić information content (AvgIpc) is 2.46. The maximum absolute atomic E-state index is 12.2. The summed E-state index contributed by atoms with van der Waals surface area (Å²) < 4.78 is 52.4. The van der Waals surface area contributed by atoms with Crippen LogP contribution in [0.25, 0.3) is 0 Å². The zero-order chi connectivity index (χ0) is 16.4. The summed E-state index contributed by atoms with van der Waals surface area (Å²) in [5, 5.41) is 0. The van der Waals surface area contributed by atoms with Gasteiger partial charge < -0.3 is 0 Å². The molecule has 1 saturated heterocycles. The number of sulfonamides is 2. The van der Waals surface area contributed by atoms with Crippen LogP contribution in [0.15, 0.2) is 29.2 Å². The number of hydrogen-bond acceptors (Lipinski definition) is 4. The van der Waals surface area contributed by atoms with E-state index in [0.717, 1.165) is 6.42 Å². The van der Waals surface area contributed by atoms with Gasteiger partial charge in [-0.3, -0.25) is 4.31 Å². The van der Waals surface area contributed by atoms with Crippen molar-refractivity contribution < 1.29 is 16.8 Å². The van der Waals surface area contributed by atoms with E-state index >= 15 is 0 Å². The molecular formula is C14H22N2O4S2. The first-order valence-corrected chi connectivity index (χ1v) is 10.5. The second-order valence-electron chi connectivity index (χ2n) is 5.52. The Labute approximate surface area is 132 Å². The molecular weight excluding hydrogens is 324 g/mol. The van der Waals surface area contributed by atoms with Gasteiger partial charge in [0.25, 0.3) is 0 Å². The van der Waals surface area contributed by atoms with Gasteiger partial charge in [-0.2, -0.15) is 0 Å². The van der Waals surface area contributed by atoms with E-state index in [1.54, 1.807) is 19.1 Å². The molecule has 22 heavy (non-hydrogen) atoms. The highest BCUT2D eigenvalue weighted by atomic mass is 32.2. The van der Waals surface area contributed by atoms with Gasteiger partial charge in [0.15, 0.2) is 0 Å². The van der Waals surface area contributed by atoms with Crippen molar-refractivity contribution in [3.05, 3.63) is 24.3 Å². The quantitative estimate of drug-likeness (QED) is 0.879. The van der Waals surface area contributed by atoms with Crippen LogP contribution >= 0.6 is 0 Å². The number of nitrogens with zero attached hydrogens (tertiary/aromatic N) is 1. The van der Waals surface area contributed by atoms with E-state index in [1.165, 1.54) is 16.4 Å². The lowest BCUT2D eigenvalue weighted by Crippen LogP contribution is -2.37. The maximum Gasteiger partial charge on any atom is 0.240 e. The van der Waals surface area contributed by atoms with Crippen LogP contribution in [0.1, 0.15) is 33.1 Å². The molecule has 6 nitrogen and oxygen atoms in total. The van der Waals surface area contributed by atoms with Crippen molar-refractivity contribution in [1.82, 2.24) is 4.72 Å². The van der Waals surface area contributed by atoms with Crippen LogP contribution in [0.3, 0.4) is 0 Å². The van der Waals surface area contributed by atoms with Crippen LogP contribution in [-0.2, 0) is 20.0 Å². The lowest BCUT2D eigenvalue weighted by Gasteiger charge is -2.28. The van der Waals surface area contributed by atoms with Gasteiger partial charge in [-0.15, -0.1) is 0 Å². The van der Waals surface area contributed by atoms with Crippen molar-refractivity contribution >= 4 is 25.7 Å². The lowest BCUT2D eigenvalue weighted by atomic mass is 10.3. The molecule has 1 aliphatic heterocycles. The fourth-order valence-corrected chi connectivity index (χ4v) is 5.25. The summed E-state index contributed by atoms with van der Waals surface area (Å²) in [7, 11) is -6.85. The molecule has 1 N–H and O–H groups in total. The van der Waals surface area contributed by atoms with E-state index < -0.39 is 20.0 Å². The summed E-state index contributed by atoms with van der Waals surface area (Å²) in [6.45, 7) is 4.14. The molecule has 0 aromatic heterocycles. The summed E-state index contributed by atoms with van der Waals surface area (Å²) in [5.74, 6) is 0.141. The SMILES string of the molecule is CC[C@@H](C)NS(=O)(=O)c1ccc(N2CCCCS2(=O)=O)cc1. The van der Waals surface area contributed by atoms with Crippen molar-refractivity contribution in [2.45, 2.75) is 44.0 Å². The van der Waals surface area contributed by atoms with Crippen LogP contribution in [0.5, 0.6) is 0 Å². The fourth-order valence-electron chi connectivity index (χ4n) is 2.29. The maximum atomic E-state index is 12.2. The third-order valence-corrected chi connectivity index (χ3v) is 7.23. The minimum atomic E-state index is -3.57. The Morgan fingerprint density at radius 1 is 1.23 bits per heavy atom. The van der Waals surface area contributed by atoms with E-state index in [9.17, 15) is 16.8 Å². The number of anilines is 1. The molecule has 0 bridgehead atoms. The number of benzene rings is 1. The number of hydrogen-bond donors (Lipinski definition) is 1. The van der Waals surface area contributed by atoms with Crippen LogP contribution in [0, 0.1) is 0 Å². The normalized spacial score (nSPS) is 19.8. The summed E-state index contributed by atoms with van der Waals surface area (Å²) in [5.41, 5.74) is 0.516. The number of nitrogens with one attached hydrogen (secondary N) is 1. The molecule has 2 rings (SSSR count). The molecule has 1 fully saturated rings. The first-order valence-electron chi connectivity index (χ1n) is 7.39. The largest absolute Gasteiger partial charge is 0.270 e. The standard InChI is InChI=1S/C14H22N2O4S2/c1-3-12(2)15-22(19,20)14-8-6-13(7-9-14)16-10-4-5-11-21(16,17)18/h6-9,12,15H,3-5,10-11H2,1-2H3/t12-/m1/s1. The highest BCUT2D eigenvalue weighted by molar-refractivity contribution is 7.92. The third kappa shape index (κ3) is 3.80. The van der Waals surface area contributed by atoms with Crippen molar-refractivity contribution in [3.8, 4) is 0 Å². The molecule has 124 valence electrons. The minimum Gasteiger partial charge on any atom is -0.270 e. The van der Waals surface area contributed by atoms with Gasteiger partial charge in [0.2, 0.25) is 20.0 Å². The molecule has 1 heterocycles. The Morgan fingerprint density at radius 3 is 2.41 bits per heavy atom. The van der Waals surface area contributed by atoms with Gasteiger partial charge in [-0.1, -0.05) is 6.92 Å². The topological polar surface area (TPSA) is 83.6 Å². The Balaban J connectivity index is 2.24. The first-order chi connectivity index (χ1) is 10.3. The van der Waals surface area contributed by atoms with E-state index in [-0.39, 0.29) is 16.7 Å². The fraction of sp³-hybridized carbons (Fsp3) is 0.571. The molecule has 1 aromatic rings. The van der Waals surface area contributed by atoms with Crippen LogP contribution in [0.2, 0.25) is 0 Å². The third-order valence-electron chi connectivity index (χ3n) is 3.75. The monoisotopic (exact) mass is 346 g/mol. The summed E-state index contributed by atoms with van der Waals surface area (Å²) in [6, 6.07) is 5.85. The van der Waals surface area contributed by atoms with Crippen molar-refractivity contribution in [2.75, 3.05) is 16.6 Å². The van der Waals surface area contributed by atoms with Gasteiger partial charge in [-0.05, 0) is 50.5 Å². The van der Waals surface area contributed by atoms with Gasteiger partial charge in [0, 0.05) is 12.6 Å². The first kappa shape index (κ1) is 17.2. The predicted molar refractivity (Wildman–Crippen MR) is 86.9 cm³/mol. The number of rotatable bonds is 5. The molecule has 0 spiro atoms. The molecule has 0 radical (unpaired) electrons. The second kappa shape index (κ2) is 6.55.